The SMILES string of the molecule is CC(C)(C)Sc1c(F)cc(NC(=O)[C@@H]2C[C@H]3CC[C@@H]2N3)cc1F. The maximum absolute atomic E-state index is 14.2. The van der Waals surface area contributed by atoms with Crippen LogP contribution in [0.25, 0.3) is 0 Å². The molecule has 2 aliphatic rings. The van der Waals surface area contributed by atoms with Crippen LogP contribution in [0.5, 0.6) is 0 Å². The van der Waals surface area contributed by atoms with Crippen molar-refractivity contribution < 1.29 is 13.6 Å². The van der Waals surface area contributed by atoms with Gasteiger partial charge in [0.2, 0.25) is 5.91 Å². The summed E-state index contributed by atoms with van der Waals surface area (Å²) in [5.74, 6) is -1.53. The Kier molecular flexibility index (Phi) is 4.40. The van der Waals surface area contributed by atoms with Crippen LogP contribution in [-0.2, 0) is 4.79 Å². The Morgan fingerprint density at radius 2 is 1.91 bits per heavy atom. The van der Waals surface area contributed by atoms with E-state index in [2.05, 4.69) is 10.6 Å². The van der Waals surface area contributed by atoms with E-state index in [1.54, 1.807) is 0 Å². The van der Waals surface area contributed by atoms with E-state index < -0.39 is 11.6 Å². The fourth-order valence-electron chi connectivity index (χ4n) is 3.38. The second-order valence-electron chi connectivity index (χ2n) is 7.36. The second kappa shape index (κ2) is 6.06. The normalized spacial score (nSPS) is 26.6. The van der Waals surface area contributed by atoms with Crippen molar-refractivity contribution >= 4 is 23.4 Å². The maximum Gasteiger partial charge on any atom is 0.229 e. The summed E-state index contributed by atoms with van der Waals surface area (Å²) in [6.45, 7) is 5.69. The Labute approximate surface area is 139 Å². The maximum atomic E-state index is 14.2. The van der Waals surface area contributed by atoms with Crippen LogP contribution in [0.15, 0.2) is 17.0 Å². The van der Waals surface area contributed by atoms with Gasteiger partial charge in [-0.25, -0.2) is 8.78 Å². The van der Waals surface area contributed by atoms with E-state index in [0.29, 0.717) is 6.04 Å². The lowest BCUT2D eigenvalue weighted by atomic mass is 9.88. The molecule has 23 heavy (non-hydrogen) atoms. The molecule has 2 fully saturated rings. The Balaban J connectivity index is 1.72. The molecule has 0 aliphatic carbocycles. The summed E-state index contributed by atoms with van der Waals surface area (Å²) in [6, 6.07) is 3.02. The van der Waals surface area contributed by atoms with Gasteiger partial charge in [0.25, 0.3) is 0 Å². The predicted octanol–water partition coefficient (Wildman–Crippen LogP) is 3.93. The van der Waals surface area contributed by atoms with Gasteiger partial charge in [0, 0.05) is 22.5 Å². The molecule has 1 amide bonds. The number of amides is 1. The van der Waals surface area contributed by atoms with E-state index in [4.69, 9.17) is 0 Å². The number of rotatable bonds is 3. The minimum Gasteiger partial charge on any atom is -0.326 e. The van der Waals surface area contributed by atoms with Gasteiger partial charge >= 0.3 is 0 Å². The molecule has 6 heteroatoms. The Bertz CT molecular complexity index is 607. The van der Waals surface area contributed by atoms with E-state index in [0.717, 1.165) is 31.0 Å². The van der Waals surface area contributed by atoms with E-state index in [1.807, 2.05) is 20.8 Å². The number of hydrogen-bond donors (Lipinski definition) is 2. The quantitative estimate of drug-likeness (QED) is 0.819. The van der Waals surface area contributed by atoms with E-state index in [9.17, 15) is 13.6 Å². The highest BCUT2D eigenvalue weighted by Gasteiger charge is 2.42. The highest BCUT2D eigenvalue weighted by Crippen LogP contribution is 2.37. The van der Waals surface area contributed by atoms with Gasteiger partial charge in [-0.2, -0.15) is 0 Å². The molecule has 3 nitrogen and oxygen atoms in total. The lowest BCUT2D eigenvalue weighted by Gasteiger charge is -2.21. The lowest BCUT2D eigenvalue weighted by molar-refractivity contribution is -0.120. The van der Waals surface area contributed by atoms with Crippen LogP contribution in [0.2, 0.25) is 0 Å². The Morgan fingerprint density at radius 1 is 1.26 bits per heavy atom. The van der Waals surface area contributed by atoms with Gasteiger partial charge in [0.1, 0.15) is 11.6 Å². The number of fused-ring (bicyclic) bond motifs is 2. The third kappa shape index (κ3) is 3.69. The zero-order valence-electron chi connectivity index (χ0n) is 13.6. The topological polar surface area (TPSA) is 41.1 Å². The lowest BCUT2D eigenvalue weighted by Crippen LogP contribution is -2.32. The second-order valence-corrected chi connectivity index (χ2v) is 9.20. The standard InChI is InChI=1S/C17H22F2N2OS/c1-17(2,3)23-15-12(18)7-10(8-13(15)19)21-16(22)11-6-9-4-5-14(11)20-9/h7-9,11,14,20H,4-6H2,1-3H3,(H,21,22)/t9-,11-,14+/m1/s1. The Morgan fingerprint density at radius 3 is 2.39 bits per heavy atom. The minimum atomic E-state index is -0.633. The monoisotopic (exact) mass is 340 g/mol. The van der Waals surface area contributed by atoms with Gasteiger partial charge in [0.15, 0.2) is 0 Å². The van der Waals surface area contributed by atoms with Crippen molar-refractivity contribution in [2.45, 2.75) is 61.8 Å². The number of thioether (sulfide) groups is 1. The first kappa shape index (κ1) is 16.7. The fraction of sp³-hybridized carbons (Fsp3) is 0.588. The van der Waals surface area contributed by atoms with Gasteiger partial charge in [-0.3, -0.25) is 4.79 Å². The molecule has 2 bridgehead atoms. The number of benzene rings is 1. The Hall–Kier alpha value is -1.14. The molecule has 2 heterocycles. The molecule has 0 aromatic heterocycles. The van der Waals surface area contributed by atoms with Crippen LogP contribution < -0.4 is 10.6 Å². The molecule has 0 unspecified atom stereocenters. The summed E-state index contributed by atoms with van der Waals surface area (Å²) in [5.41, 5.74) is 0.186. The summed E-state index contributed by atoms with van der Waals surface area (Å²) in [5, 5.41) is 6.06. The van der Waals surface area contributed by atoms with Crippen molar-refractivity contribution in [1.29, 1.82) is 0 Å². The van der Waals surface area contributed by atoms with Crippen LogP contribution in [-0.4, -0.2) is 22.7 Å². The summed E-state index contributed by atoms with van der Waals surface area (Å²) in [6.07, 6.45) is 2.91. The molecule has 0 spiro atoms. The molecule has 0 saturated carbocycles. The highest BCUT2D eigenvalue weighted by molar-refractivity contribution is 8.00. The van der Waals surface area contributed by atoms with Crippen molar-refractivity contribution in [3.63, 3.8) is 0 Å². The predicted molar refractivity (Wildman–Crippen MR) is 88.7 cm³/mol. The first-order chi connectivity index (χ1) is 10.7. The molecule has 3 atom stereocenters. The third-order valence-electron chi connectivity index (χ3n) is 4.31. The van der Waals surface area contributed by atoms with Crippen LogP contribution in [0.1, 0.15) is 40.0 Å². The van der Waals surface area contributed by atoms with Crippen molar-refractivity contribution in [2.24, 2.45) is 5.92 Å². The number of hydrogen-bond acceptors (Lipinski definition) is 3. The zero-order valence-corrected chi connectivity index (χ0v) is 14.4. The minimum absolute atomic E-state index is 0.00270. The van der Waals surface area contributed by atoms with Crippen molar-refractivity contribution in [2.75, 3.05) is 5.32 Å². The fourth-order valence-corrected chi connectivity index (χ4v) is 4.31. The molecule has 0 radical (unpaired) electrons. The van der Waals surface area contributed by atoms with Crippen LogP contribution in [0.4, 0.5) is 14.5 Å². The highest BCUT2D eigenvalue weighted by atomic mass is 32.2. The van der Waals surface area contributed by atoms with Crippen molar-refractivity contribution in [3.05, 3.63) is 23.8 Å². The van der Waals surface area contributed by atoms with Gasteiger partial charge in [-0.15, -0.1) is 11.8 Å². The van der Waals surface area contributed by atoms with Crippen LogP contribution in [0, 0.1) is 17.6 Å². The number of anilines is 1. The summed E-state index contributed by atoms with van der Waals surface area (Å²) in [4.78, 5) is 12.3. The number of carbonyl (C=O) groups is 1. The van der Waals surface area contributed by atoms with E-state index in [1.165, 1.54) is 12.1 Å². The van der Waals surface area contributed by atoms with Crippen molar-refractivity contribution in [1.82, 2.24) is 5.32 Å². The molecule has 2 saturated heterocycles. The summed E-state index contributed by atoms with van der Waals surface area (Å²) < 4.78 is 28.1. The van der Waals surface area contributed by atoms with E-state index in [-0.39, 0.29) is 33.2 Å². The van der Waals surface area contributed by atoms with Crippen LogP contribution in [0.3, 0.4) is 0 Å². The van der Waals surface area contributed by atoms with Gasteiger partial charge < -0.3 is 10.6 Å². The average molecular weight is 340 g/mol. The van der Waals surface area contributed by atoms with E-state index >= 15 is 0 Å². The molecular weight excluding hydrogens is 318 g/mol. The number of carbonyl (C=O) groups excluding carboxylic acids is 1. The smallest absolute Gasteiger partial charge is 0.229 e. The largest absolute Gasteiger partial charge is 0.326 e. The van der Waals surface area contributed by atoms with Gasteiger partial charge in [0.05, 0.1) is 10.8 Å². The molecule has 2 N–H and O–H groups in total. The summed E-state index contributed by atoms with van der Waals surface area (Å²) in [7, 11) is 0. The number of nitrogens with one attached hydrogen (secondary N) is 2. The molecule has 126 valence electrons. The molecule has 3 rings (SSSR count). The molecule has 2 aliphatic heterocycles. The van der Waals surface area contributed by atoms with Gasteiger partial charge in [-0.05, 0) is 31.4 Å². The zero-order chi connectivity index (χ0) is 16.8. The first-order valence-corrected chi connectivity index (χ1v) is 8.79. The molecule has 1 aromatic carbocycles. The molecule has 1 aromatic rings. The van der Waals surface area contributed by atoms with Crippen molar-refractivity contribution in [3.8, 4) is 0 Å². The van der Waals surface area contributed by atoms with Gasteiger partial charge in [-0.1, -0.05) is 20.8 Å². The average Bonchev–Trinajstić information content (AvgIpc) is 3.04. The van der Waals surface area contributed by atoms with Crippen LogP contribution >= 0.6 is 11.8 Å². The molecular formula is C17H22F2N2OS. The third-order valence-corrected chi connectivity index (χ3v) is 5.52. The summed E-state index contributed by atoms with van der Waals surface area (Å²) >= 11 is 1.14. The first-order valence-electron chi connectivity index (χ1n) is 7.98. The number of halogens is 2.